The first-order valence-corrected chi connectivity index (χ1v) is 3.80. The Bertz CT molecular complexity index is 497. The van der Waals surface area contributed by atoms with Gasteiger partial charge in [0.15, 0.2) is 11.2 Å². The SMILES string of the molecule is CNn1cnc2c(=O)n(C)cnc21. The van der Waals surface area contributed by atoms with E-state index >= 15 is 0 Å². The third-order valence-electron chi connectivity index (χ3n) is 1.86. The van der Waals surface area contributed by atoms with E-state index in [2.05, 4.69) is 15.4 Å². The number of hydrogen-bond acceptors (Lipinski definition) is 4. The first kappa shape index (κ1) is 7.78. The Morgan fingerprint density at radius 3 is 2.85 bits per heavy atom. The Hall–Kier alpha value is -1.85. The van der Waals surface area contributed by atoms with Gasteiger partial charge >= 0.3 is 0 Å². The van der Waals surface area contributed by atoms with E-state index < -0.39 is 0 Å². The molecule has 0 bridgehead atoms. The Labute approximate surface area is 73.8 Å². The molecule has 2 aromatic rings. The first-order chi connectivity index (χ1) is 6.24. The van der Waals surface area contributed by atoms with Crippen LogP contribution < -0.4 is 11.0 Å². The van der Waals surface area contributed by atoms with E-state index in [4.69, 9.17) is 0 Å². The zero-order valence-electron chi connectivity index (χ0n) is 7.35. The molecule has 0 amide bonds. The lowest BCUT2D eigenvalue weighted by molar-refractivity contribution is 0.833. The number of aryl methyl sites for hydroxylation is 1. The molecule has 0 atom stereocenters. The third kappa shape index (κ3) is 0.986. The number of nitrogens with zero attached hydrogens (tertiary/aromatic N) is 4. The summed E-state index contributed by atoms with van der Waals surface area (Å²) in [5, 5.41) is 0. The molecule has 0 aliphatic rings. The smallest absolute Gasteiger partial charge is 0.281 e. The highest BCUT2D eigenvalue weighted by Crippen LogP contribution is 2.00. The van der Waals surface area contributed by atoms with Gasteiger partial charge < -0.3 is 9.99 Å². The lowest BCUT2D eigenvalue weighted by Crippen LogP contribution is -2.18. The molecular weight excluding hydrogens is 170 g/mol. The molecule has 13 heavy (non-hydrogen) atoms. The maximum atomic E-state index is 11.5. The molecule has 1 N–H and O–H groups in total. The predicted octanol–water partition coefficient (Wildman–Crippen LogP) is -0.697. The molecule has 6 heteroatoms. The lowest BCUT2D eigenvalue weighted by atomic mass is 10.5. The van der Waals surface area contributed by atoms with Gasteiger partial charge in [-0.3, -0.25) is 4.79 Å². The van der Waals surface area contributed by atoms with Crippen molar-refractivity contribution in [3.8, 4) is 0 Å². The maximum absolute atomic E-state index is 11.5. The Kier molecular flexibility index (Phi) is 1.54. The molecule has 2 rings (SSSR count). The van der Waals surface area contributed by atoms with Gasteiger partial charge in [-0.2, -0.15) is 0 Å². The minimum absolute atomic E-state index is 0.140. The number of fused-ring (bicyclic) bond motifs is 1. The van der Waals surface area contributed by atoms with E-state index in [1.54, 1.807) is 18.8 Å². The normalized spacial score (nSPS) is 10.6. The molecule has 0 saturated heterocycles. The van der Waals surface area contributed by atoms with Crippen LogP contribution in [0.3, 0.4) is 0 Å². The molecule has 0 fully saturated rings. The van der Waals surface area contributed by atoms with Crippen LogP contribution in [0.4, 0.5) is 0 Å². The minimum atomic E-state index is -0.140. The Morgan fingerprint density at radius 1 is 1.38 bits per heavy atom. The summed E-state index contributed by atoms with van der Waals surface area (Å²) in [4.78, 5) is 19.5. The fourth-order valence-corrected chi connectivity index (χ4v) is 1.14. The standard InChI is InChI=1S/C7H9N5O/c1-8-12-4-9-5-6(12)10-3-11(2)7(5)13/h3-4,8H,1-2H3. The molecule has 2 heterocycles. The van der Waals surface area contributed by atoms with Gasteiger partial charge in [-0.05, 0) is 0 Å². The molecule has 0 saturated carbocycles. The van der Waals surface area contributed by atoms with Crippen LogP contribution in [0.25, 0.3) is 11.2 Å². The molecule has 2 aromatic heterocycles. The number of rotatable bonds is 1. The fourth-order valence-electron chi connectivity index (χ4n) is 1.14. The molecule has 68 valence electrons. The van der Waals surface area contributed by atoms with Gasteiger partial charge in [0.1, 0.15) is 6.33 Å². The molecule has 6 nitrogen and oxygen atoms in total. The highest BCUT2D eigenvalue weighted by molar-refractivity contribution is 5.69. The summed E-state index contributed by atoms with van der Waals surface area (Å²) in [6, 6.07) is 0. The minimum Gasteiger partial charge on any atom is -0.326 e. The van der Waals surface area contributed by atoms with E-state index in [9.17, 15) is 4.79 Å². The van der Waals surface area contributed by atoms with Crippen molar-refractivity contribution in [3.05, 3.63) is 23.0 Å². The van der Waals surface area contributed by atoms with E-state index in [0.717, 1.165) is 0 Å². The van der Waals surface area contributed by atoms with Crippen molar-refractivity contribution >= 4 is 11.2 Å². The molecule has 0 spiro atoms. The first-order valence-electron chi connectivity index (χ1n) is 3.80. The predicted molar refractivity (Wildman–Crippen MR) is 48.1 cm³/mol. The summed E-state index contributed by atoms with van der Waals surface area (Å²) >= 11 is 0. The van der Waals surface area contributed by atoms with Crippen LogP contribution in [0, 0.1) is 0 Å². The van der Waals surface area contributed by atoms with Crippen molar-refractivity contribution in [1.82, 2.24) is 19.2 Å². The number of hydrogen-bond donors (Lipinski definition) is 1. The second-order valence-corrected chi connectivity index (χ2v) is 2.67. The van der Waals surface area contributed by atoms with Gasteiger partial charge in [-0.15, -0.1) is 0 Å². The van der Waals surface area contributed by atoms with E-state index in [1.807, 2.05) is 0 Å². The zero-order valence-corrected chi connectivity index (χ0v) is 7.35. The van der Waals surface area contributed by atoms with Crippen molar-refractivity contribution in [2.24, 2.45) is 7.05 Å². The van der Waals surface area contributed by atoms with Crippen molar-refractivity contribution in [2.45, 2.75) is 0 Å². The number of imidazole rings is 1. The van der Waals surface area contributed by atoms with E-state index in [1.165, 1.54) is 17.2 Å². The topological polar surface area (TPSA) is 64.7 Å². The third-order valence-corrected chi connectivity index (χ3v) is 1.86. The van der Waals surface area contributed by atoms with E-state index in [-0.39, 0.29) is 5.56 Å². The Morgan fingerprint density at radius 2 is 2.15 bits per heavy atom. The van der Waals surface area contributed by atoms with Crippen LogP contribution >= 0.6 is 0 Å². The highest BCUT2D eigenvalue weighted by atomic mass is 16.1. The molecule has 0 radical (unpaired) electrons. The lowest BCUT2D eigenvalue weighted by Gasteiger charge is -2.00. The average Bonchev–Trinajstić information content (AvgIpc) is 2.55. The largest absolute Gasteiger partial charge is 0.326 e. The van der Waals surface area contributed by atoms with Crippen LogP contribution in [0.2, 0.25) is 0 Å². The molecule has 0 aromatic carbocycles. The van der Waals surface area contributed by atoms with Gasteiger partial charge in [0.05, 0.1) is 6.33 Å². The van der Waals surface area contributed by atoms with Crippen LogP contribution in [-0.2, 0) is 7.05 Å². The number of aromatic nitrogens is 4. The monoisotopic (exact) mass is 179 g/mol. The van der Waals surface area contributed by atoms with Crippen LogP contribution in [0.15, 0.2) is 17.4 Å². The molecular formula is C7H9N5O. The van der Waals surface area contributed by atoms with E-state index in [0.29, 0.717) is 11.2 Å². The average molecular weight is 179 g/mol. The quantitative estimate of drug-likeness (QED) is 0.629. The van der Waals surface area contributed by atoms with Crippen molar-refractivity contribution in [2.75, 3.05) is 12.5 Å². The van der Waals surface area contributed by atoms with Gasteiger partial charge in [-0.1, -0.05) is 0 Å². The van der Waals surface area contributed by atoms with Crippen molar-refractivity contribution in [3.63, 3.8) is 0 Å². The van der Waals surface area contributed by atoms with Gasteiger partial charge in [0, 0.05) is 14.1 Å². The van der Waals surface area contributed by atoms with Gasteiger partial charge in [0.2, 0.25) is 0 Å². The van der Waals surface area contributed by atoms with Gasteiger partial charge in [-0.25, -0.2) is 14.6 Å². The molecule has 0 aliphatic carbocycles. The fraction of sp³-hybridized carbons (Fsp3) is 0.286. The second-order valence-electron chi connectivity index (χ2n) is 2.67. The van der Waals surface area contributed by atoms with Crippen LogP contribution in [0.1, 0.15) is 0 Å². The summed E-state index contributed by atoms with van der Waals surface area (Å²) < 4.78 is 2.99. The summed E-state index contributed by atoms with van der Waals surface area (Å²) in [5.74, 6) is 0. The maximum Gasteiger partial charge on any atom is 0.281 e. The molecule has 0 unspecified atom stereocenters. The highest BCUT2D eigenvalue weighted by Gasteiger charge is 2.06. The van der Waals surface area contributed by atoms with Crippen LogP contribution in [-0.4, -0.2) is 26.3 Å². The molecule has 0 aliphatic heterocycles. The summed E-state index contributed by atoms with van der Waals surface area (Å²) in [6.45, 7) is 0. The summed E-state index contributed by atoms with van der Waals surface area (Å²) in [7, 11) is 3.38. The number of nitrogens with one attached hydrogen (secondary N) is 1. The summed E-state index contributed by atoms with van der Waals surface area (Å²) in [5.41, 5.74) is 3.62. The van der Waals surface area contributed by atoms with Crippen molar-refractivity contribution in [1.29, 1.82) is 0 Å². The van der Waals surface area contributed by atoms with Crippen molar-refractivity contribution < 1.29 is 0 Å². The zero-order chi connectivity index (χ0) is 9.42. The Balaban J connectivity index is 2.89. The van der Waals surface area contributed by atoms with Gasteiger partial charge in [0.25, 0.3) is 5.56 Å². The second kappa shape index (κ2) is 2.58. The summed E-state index contributed by atoms with van der Waals surface area (Å²) in [6.07, 6.45) is 3.00. The van der Waals surface area contributed by atoms with Crippen LogP contribution in [0.5, 0.6) is 0 Å².